The highest BCUT2D eigenvalue weighted by molar-refractivity contribution is 6.05. The van der Waals surface area contributed by atoms with E-state index >= 15 is 0 Å². The van der Waals surface area contributed by atoms with Crippen molar-refractivity contribution in [3.63, 3.8) is 0 Å². The lowest BCUT2D eigenvalue weighted by Crippen LogP contribution is -2.29. The molecular formula is C23H25FN4O. The van der Waals surface area contributed by atoms with Crippen LogP contribution in [0.3, 0.4) is 0 Å². The van der Waals surface area contributed by atoms with Crippen LogP contribution in [0.15, 0.2) is 48.7 Å². The predicted octanol–water partition coefficient (Wildman–Crippen LogP) is 4.35. The van der Waals surface area contributed by atoms with E-state index in [1.165, 1.54) is 17.7 Å². The van der Waals surface area contributed by atoms with Crippen LogP contribution in [0.1, 0.15) is 45.9 Å². The number of anilines is 1. The molecule has 1 aliphatic heterocycles. The molecule has 2 heterocycles. The second-order valence-corrected chi connectivity index (χ2v) is 7.63. The molecule has 5 nitrogen and oxygen atoms in total. The molecule has 2 aromatic carbocycles. The maximum absolute atomic E-state index is 13.4. The number of benzene rings is 2. The van der Waals surface area contributed by atoms with Crippen molar-refractivity contribution in [2.24, 2.45) is 0 Å². The molecule has 0 spiro atoms. The van der Waals surface area contributed by atoms with Gasteiger partial charge in [-0.2, -0.15) is 5.10 Å². The lowest BCUT2D eigenvalue weighted by atomic mass is 9.91. The van der Waals surface area contributed by atoms with Crippen LogP contribution < -0.4 is 10.6 Å². The van der Waals surface area contributed by atoms with Gasteiger partial charge in [0.1, 0.15) is 5.82 Å². The van der Waals surface area contributed by atoms with Crippen LogP contribution >= 0.6 is 0 Å². The van der Waals surface area contributed by atoms with Gasteiger partial charge in [0.05, 0.1) is 23.1 Å². The SMILES string of the molecule is Cc1ccc(-n2ncc(C(=O)Nc3ccc(F)cc3C)c2C2CCNCC2)cc1. The number of carbonyl (C=O) groups is 1. The number of hydrogen-bond donors (Lipinski definition) is 2. The predicted molar refractivity (Wildman–Crippen MR) is 112 cm³/mol. The van der Waals surface area contributed by atoms with Gasteiger partial charge in [-0.1, -0.05) is 17.7 Å². The van der Waals surface area contributed by atoms with Crippen molar-refractivity contribution in [3.8, 4) is 5.69 Å². The molecule has 0 saturated carbocycles. The normalized spacial score (nSPS) is 14.7. The Morgan fingerprint density at radius 1 is 1.14 bits per heavy atom. The average Bonchev–Trinajstić information content (AvgIpc) is 3.16. The molecule has 1 aromatic heterocycles. The molecular weight excluding hydrogens is 367 g/mol. The maximum Gasteiger partial charge on any atom is 0.259 e. The second kappa shape index (κ2) is 8.17. The second-order valence-electron chi connectivity index (χ2n) is 7.63. The fourth-order valence-corrected chi connectivity index (χ4v) is 3.87. The van der Waals surface area contributed by atoms with E-state index in [1.54, 1.807) is 19.2 Å². The molecule has 0 atom stereocenters. The van der Waals surface area contributed by atoms with Crippen molar-refractivity contribution in [1.82, 2.24) is 15.1 Å². The summed E-state index contributed by atoms with van der Waals surface area (Å²) in [6.45, 7) is 5.66. The molecule has 1 aliphatic rings. The number of amides is 1. The lowest BCUT2D eigenvalue weighted by Gasteiger charge is -2.24. The minimum atomic E-state index is -0.317. The molecule has 0 unspecified atom stereocenters. The summed E-state index contributed by atoms with van der Waals surface area (Å²) in [5.74, 6) is -0.287. The van der Waals surface area contributed by atoms with Gasteiger partial charge >= 0.3 is 0 Å². The number of aromatic nitrogens is 2. The zero-order valence-electron chi connectivity index (χ0n) is 16.7. The summed E-state index contributed by atoms with van der Waals surface area (Å²) in [5, 5.41) is 10.9. The van der Waals surface area contributed by atoms with Crippen LogP contribution in [0.5, 0.6) is 0 Å². The maximum atomic E-state index is 13.4. The Bertz CT molecular complexity index is 1020. The minimum absolute atomic E-state index is 0.216. The Hall–Kier alpha value is -2.99. The van der Waals surface area contributed by atoms with Gasteiger partial charge < -0.3 is 10.6 Å². The van der Waals surface area contributed by atoms with Crippen LogP contribution in [0, 0.1) is 19.7 Å². The highest BCUT2D eigenvalue weighted by Gasteiger charge is 2.27. The van der Waals surface area contributed by atoms with Gasteiger partial charge in [-0.25, -0.2) is 9.07 Å². The number of aryl methyl sites for hydroxylation is 2. The first-order valence-corrected chi connectivity index (χ1v) is 9.96. The smallest absolute Gasteiger partial charge is 0.259 e. The quantitative estimate of drug-likeness (QED) is 0.694. The molecule has 6 heteroatoms. The van der Waals surface area contributed by atoms with Gasteiger partial charge in [0.15, 0.2) is 0 Å². The molecule has 2 N–H and O–H groups in total. The van der Waals surface area contributed by atoms with Gasteiger partial charge in [0, 0.05) is 11.6 Å². The summed E-state index contributed by atoms with van der Waals surface area (Å²) in [5.41, 5.74) is 4.92. The van der Waals surface area contributed by atoms with Gasteiger partial charge in [0.25, 0.3) is 5.91 Å². The zero-order valence-corrected chi connectivity index (χ0v) is 16.7. The van der Waals surface area contributed by atoms with Gasteiger partial charge in [0.2, 0.25) is 0 Å². The first kappa shape index (κ1) is 19.3. The summed E-state index contributed by atoms with van der Waals surface area (Å²) in [7, 11) is 0. The first-order valence-electron chi connectivity index (χ1n) is 9.96. The molecule has 150 valence electrons. The summed E-state index contributed by atoms with van der Waals surface area (Å²) < 4.78 is 15.3. The molecule has 1 amide bonds. The van der Waals surface area contributed by atoms with E-state index in [1.807, 2.05) is 35.9 Å². The number of hydrogen-bond acceptors (Lipinski definition) is 3. The Morgan fingerprint density at radius 2 is 1.86 bits per heavy atom. The van der Waals surface area contributed by atoms with Crippen molar-refractivity contribution in [2.75, 3.05) is 18.4 Å². The molecule has 0 radical (unpaired) electrons. The van der Waals surface area contributed by atoms with E-state index in [4.69, 9.17) is 0 Å². The molecule has 0 aliphatic carbocycles. The molecule has 29 heavy (non-hydrogen) atoms. The Kier molecular flexibility index (Phi) is 5.45. The van der Waals surface area contributed by atoms with Crippen LogP contribution in [-0.4, -0.2) is 28.8 Å². The van der Waals surface area contributed by atoms with Crippen LogP contribution in [0.25, 0.3) is 5.69 Å². The molecule has 1 saturated heterocycles. The van der Waals surface area contributed by atoms with Crippen LogP contribution in [-0.2, 0) is 0 Å². The number of halogens is 1. The molecule has 3 aromatic rings. The Labute approximate surface area is 169 Å². The summed E-state index contributed by atoms with van der Waals surface area (Å²) in [6.07, 6.45) is 3.55. The zero-order chi connectivity index (χ0) is 20.4. The van der Waals surface area contributed by atoms with Gasteiger partial charge in [-0.05, 0) is 75.7 Å². The van der Waals surface area contributed by atoms with Crippen molar-refractivity contribution in [3.05, 3.63) is 76.9 Å². The fraction of sp³-hybridized carbons (Fsp3) is 0.304. The number of piperidine rings is 1. The first-order chi connectivity index (χ1) is 14.0. The summed E-state index contributed by atoms with van der Waals surface area (Å²) >= 11 is 0. The highest BCUT2D eigenvalue weighted by atomic mass is 19.1. The Balaban J connectivity index is 1.72. The van der Waals surface area contributed by atoms with E-state index in [0.29, 0.717) is 16.8 Å². The van der Waals surface area contributed by atoms with Crippen molar-refractivity contribution in [2.45, 2.75) is 32.6 Å². The van der Waals surface area contributed by atoms with E-state index in [-0.39, 0.29) is 17.6 Å². The third-order valence-corrected chi connectivity index (χ3v) is 5.49. The third-order valence-electron chi connectivity index (χ3n) is 5.49. The van der Waals surface area contributed by atoms with E-state index < -0.39 is 0 Å². The van der Waals surface area contributed by atoms with Crippen LogP contribution in [0.2, 0.25) is 0 Å². The fourth-order valence-electron chi connectivity index (χ4n) is 3.87. The van der Waals surface area contributed by atoms with Crippen LogP contribution in [0.4, 0.5) is 10.1 Å². The molecule has 0 bridgehead atoms. The largest absolute Gasteiger partial charge is 0.322 e. The standard InChI is InChI=1S/C23H25FN4O/c1-15-3-6-19(7-4-15)28-22(17-9-11-25-12-10-17)20(14-26-28)23(29)27-21-8-5-18(24)13-16(21)2/h3-8,13-14,17,25H,9-12H2,1-2H3,(H,27,29). The average molecular weight is 392 g/mol. The van der Waals surface area contributed by atoms with E-state index in [0.717, 1.165) is 37.3 Å². The lowest BCUT2D eigenvalue weighted by molar-refractivity contribution is 0.102. The van der Waals surface area contributed by atoms with Crippen molar-refractivity contribution >= 4 is 11.6 Å². The third kappa shape index (κ3) is 4.07. The van der Waals surface area contributed by atoms with Crippen molar-refractivity contribution < 1.29 is 9.18 Å². The number of nitrogens with one attached hydrogen (secondary N) is 2. The number of nitrogens with zero attached hydrogens (tertiary/aromatic N) is 2. The molecule has 4 rings (SSSR count). The number of carbonyl (C=O) groups excluding carboxylic acids is 1. The molecule has 1 fully saturated rings. The topological polar surface area (TPSA) is 59.0 Å². The monoisotopic (exact) mass is 392 g/mol. The minimum Gasteiger partial charge on any atom is -0.322 e. The summed E-state index contributed by atoms with van der Waals surface area (Å²) in [4.78, 5) is 13.1. The summed E-state index contributed by atoms with van der Waals surface area (Å²) in [6, 6.07) is 12.5. The van der Waals surface area contributed by atoms with E-state index in [9.17, 15) is 9.18 Å². The van der Waals surface area contributed by atoms with Gasteiger partial charge in [-0.3, -0.25) is 4.79 Å². The highest BCUT2D eigenvalue weighted by Crippen LogP contribution is 2.31. The van der Waals surface area contributed by atoms with Crippen molar-refractivity contribution in [1.29, 1.82) is 0 Å². The Morgan fingerprint density at radius 3 is 2.55 bits per heavy atom. The number of rotatable bonds is 4. The van der Waals surface area contributed by atoms with E-state index in [2.05, 4.69) is 15.7 Å². The van der Waals surface area contributed by atoms with Gasteiger partial charge in [-0.15, -0.1) is 0 Å².